The molecule has 2 rings (SSSR count). The Kier molecular flexibility index (Phi) is 2.52. The van der Waals surface area contributed by atoms with Crippen LogP contribution in [-0.4, -0.2) is 37.7 Å². The van der Waals surface area contributed by atoms with E-state index in [1.165, 1.54) is 6.42 Å². The molecule has 2 fully saturated rings. The number of rotatable bonds is 2. The van der Waals surface area contributed by atoms with Crippen molar-refractivity contribution in [1.29, 1.82) is 5.26 Å². The molecule has 3 nitrogen and oxygen atoms in total. The van der Waals surface area contributed by atoms with E-state index in [2.05, 4.69) is 11.0 Å². The van der Waals surface area contributed by atoms with Gasteiger partial charge in [-0.25, -0.2) is 0 Å². The summed E-state index contributed by atoms with van der Waals surface area (Å²) in [5, 5.41) is 9.06. The van der Waals surface area contributed by atoms with Gasteiger partial charge < -0.3 is 4.74 Å². The molecule has 3 heteroatoms. The SMILES string of the molecule is N#CC1(CN2CCOCC2)CCC1. The maximum atomic E-state index is 9.06. The molecule has 1 aliphatic heterocycles. The van der Waals surface area contributed by atoms with E-state index in [0.29, 0.717) is 0 Å². The van der Waals surface area contributed by atoms with Gasteiger partial charge in [0.25, 0.3) is 0 Å². The smallest absolute Gasteiger partial charge is 0.0703 e. The Balaban J connectivity index is 1.85. The van der Waals surface area contributed by atoms with Gasteiger partial charge >= 0.3 is 0 Å². The standard InChI is InChI=1S/C10H16N2O/c11-8-10(2-1-3-10)9-12-4-6-13-7-5-12/h1-7,9H2. The first-order valence-electron chi connectivity index (χ1n) is 5.06. The minimum absolute atomic E-state index is 0.00264. The minimum Gasteiger partial charge on any atom is -0.379 e. The normalized spacial score (nSPS) is 27.6. The number of hydrogen-bond acceptors (Lipinski definition) is 3. The van der Waals surface area contributed by atoms with Crippen LogP contribution >= 0.6 is 0 Å². The minimum atomic E-state index is -0.00264. The van der Waals surface area contributed by atoms with E-state index in [-0.39, 0.29) is 5.41 Å². The molecule has 1 heterocycles. The highest BCUT2D eigenvalue weighted by Gasteiger charge is 2.38. The van der Waals surface area contributed by atoms with Crippen molar-refractivity contribution in [1.82, 2.24) is 4.90 Å². The zero-order valence-corrected chi connectivity index (χ0v) is 7.96. The molecule has 1 saturated carbocycles. The topological polar surface area (TPSA) is 36.3 Å². The largest absolute Gasteiger partial charge is 0.379 e. The van der Waals surface area contributed by atoms with Crippen molar-refractivity contribution < 1.29 is 4.74 Å². The zero-order chi connectivity index (χ0) is 9.15. The Hall–Kier alpha value is -0.590. The van der Waals surface area contributed by atoms with Crippen molar-refractivity contribution in [2.24, 2.45) is 5.41 Å². The molecule has 0 N–H and O–H groups in total. The average molecular weight is 180 g/mol. The van der Waals surface area contributed by atoms with Crippen LogP contribution in [0.5, 0.6) is 0 Å². The van der Waals surface area contributed by atoms with Gasteiger partial charge in [0.1, 0.15) is 0 Å². The summed E-state index contributed by atoms with van der Waals surface area (Å²) < 4.78 is 5.27. The van der Waals surface area contributed by atoms with Gasteiger partial charge in [0.15, 0.2) is 0 Å². The quantitative estimate of drug-likeness (QED) is 0.636. The maximum Gasteiger partial charge on any atom is 0.0703 e. The first kappa shape index (κ1) is 8.98. The highest BCUT2D eigenvalue weighted by molar-refractivity contribution is 5.06. The Morgan fingerprint density at radius 2 is 2.00 bits per heavy atom. The van der Waals surface area contributed by atoms with Crippen LogP contribution in [0.4, 0.5) is 0 Å². The Morgan fingerprint density at radius 3 is 2.46 bits per heavy atom. The van der Waals surface area contributed by atoms with Gasteiger partial charge in [0.05, 0.1) is 24.7 Å². The van der Waals surface area contributed by atoms with Crippen molar-refractivity contribution in [3.05, 3.63) is 0 Å². The predicted molar refractivity (Wildman–Crippen MR) is 49.2 cm³/mol. The van der Waals surface area contributed by atoms with Crippen LogP contribution in [0.1, 0.15) is 19.3 Å². The van der Waals surface area contributed by atoms with E-state index in [1.807, 2.05) is 0 Å². The van der Waals surface area contributed by atoms with Crippen LogP contribution in [0.3, 0.4) is 0 Å². The summed E-state index contributed by atoms with van der Waals surface area (Å²) >= 11 is 0. The van der Waals surface area contributed by atoms with Crippen molar-refractivity contribution >= 4 is 0 Å². The van der Waals surface area contributed by atoms with Crippen LogP contribution in [0, 0.1) is 16.7 Å². The first-order chi connectivity index (χ1) is 6.35. The van der Waals surface area contributed by atoms with Crippen LogP contribution in [0.2, 0.25) is 0 Å². The monoisotopic (exact) mass is 180 g/mol. The molecule has 0 spiro atoms. The van der Waals surface area contributed by atoms with E-state index >= 15 is 0 Å². The molecule has 72 valence electrons. The average Bonchev–Trinajstić information content (AvgIpc) is 2.13. The molecule has 0 bridgehead atoms. The lowest BCUT2D eigenvalue weighted by Crippen LogP contribution is -2.46. The highest BCUT2D eigenvalue weighted by atomic mass is 16.5. The summed E-state index contributed by atoms with van der Waals surface area (Å²) in [4.78, 5) is 2.37. The number of nitriles is 1. The zero-order valence-electron chi connectivity index (χ0n) is 7.96. The molecule has 0 amide bonds. The Morgan fingerprint density at radius 1 is 1.31 bits per heavy atom. The van der Waals surface area contributed by atoms with Crippen LogP contribution in [0.15, 0.2) is 0 Å². The molecule has 0 aromatic rings. The Bertz CT molecular complexity index is 211. The maximum absolute atomic E-state index is 9.06. The summed E-state index contributed by atoms with van der Waals surface area (Å²) in [5.41, 5.74) is -0.00264. The van der Waals surface area contributed by atoms with Gasteiger partial charge in [-0.2, -0.15) is 5.26 Å². The number of nitrogens with zero attached hydrogens (tertiary/aromatic N) is 2. The molecular weight excluding hydrogens is 164 g/mol. The molecule has 0 unspecified atom stereocenters. The van der Waals surface area contributed by atoms with Gasteiger partial charge in [-0.3, -0.25) is 4.90 Å². The predicted octanol–water partition coefficient (Wildman–Crippen LogP) is 1.01. The molecule has 2 aliphatic rings. The summed E-state index contributed by atoms with van der Waals surface area (Å²) in [7, 11) is 0. The second kappa shape index (κ2) is 3.65. The lowest BCUT2D eigenvalue weighted by molar-refractivity contribution is 0.0115. The van der Waals surface area contributed by atoms with Gasteiger partial charge in [-0.1, -0.05) is 6.42 Å². The molecule has 1 aliphatic carbocycles. The molecule has 13 heavy (non-hydrogen) atoms. The van der Waals surface area contributed by atoms with Gasteiger partial charge in [-0.15, -0.1) is 0 Å². The molecule has 0 atom stereocenters. The van der Waals surface area contributed by atoms with Crippen molar-refractivity contribution in [2.75, 3.05) is 32.8 Å². The van der Waals surface area contributed by atoms with Gasteiger partial charge in [-0.05, 0) is 12.8 Å². The fraction of sp³-hybridized carbons (Fsp3) is 0.900. The van der Waals surface area contributed by atoms with Crippen LogP contribution < -0.4 is 0 Å². The molecular formula is C10H16N2O. The van der Waals surface area contributed by atoms with Gasteiger partial charge in [0, 0.05) is 19.6 Å². The lowest BCUT2D eigenvalue weighted by atomic mass is 9.69. The highest BCUT2D eigenvalue weighted by Crippen LogP contribution is 2.40. The van der Waals surface area contributed by atoms with Crippen molar-refractivity contribution in [2.45, 2.75) is 19.3 Å². The summed E-state index contributed by atoms with van der Waals surface area (Å²) in [6.45, 7) is 4.64. The van der Waals surface area contributed by atoms with Gasteiger partial charge in [0.2, 0.25) is 0 Å². The Labute approximate surface area is 79.3 Å². The van der Waals surface area contributed by atoms with E-state index in [9.17, 15) is 0 Å². The molecule has 0 aromatic heterocycles. The van der Waals surface area contributed by atoms with Crippen molar-refractivity contribution in [3.8, 4) is 6.07 Å². The second-order valence-corrected chi connectivity index (χ2v) is 4.13. The fourth-order valence-electron chi connectivity index (χ4n) is 2.10. The second-order valence-electron chi connectivity index (χ2n) is 4.13. The van der Waals surface area contributed by atoms with E-state index in [0.717, 1.165) is 45.7 Å². The van der Waals surface area contributed by atoms with Crippen LogP contribution in [0.25, 0.3) is 0 Å². The molecule has 0 radical (unpaired) electrons. The number of hydrogen-bond donors (Lipinski definition) is 0. The third kappa shape index (κ3) is 1.84. The fourth-order valence-corrected chi connectivity index (χ4v) is 2.10. The first-order valence-corrected chi connectivity index (χ1v) is 5.06. The molecule has 0 aromatic carbocycles. The summed E-state index contributed by atoms with van der Waals surface area (Å²) in [6.07, 6.45) is 3.43. The molecule has 1 saturated heterocycles. The van der Waals surface area contributed by atoms with Crippen molar-refractivity contribution in [3.63, 3.8) is 0 Å². The van der Waals surface area contributed by atoms with E-state index in [4.69, 9.17) is 10.00 Å². The number of ether oxygens (including phenoxy) is 1. The number of morpholine rings is 1. The van der Waals surface area contributed by atoms with E-state index < -0.39 is 0 Å². The van der Waals surface area contributed by atoms with E-state index in [1.54, 1.807) is 0 Å². The summed E-state index contributed by atoms with van der Waals surface area (Å²) in [6, 6.07) is 2.48. The van der Waals surface area contributed by atoms with Crippen LogP contribution in [-0.2, 0) is 4.74 Å². The lowest BCUT2D eigenvalue weighted by Gasteiger charge is -2.40. The third-order valence-corrected chi connectivity index (χ3v) is 3.18. The third-order valence-electron chi connectivity index (χ3n) is 3.18. The summed E-state index contributed by atoms with van der Waals surface area (Å²) in [5.74, 6) is 0.